The highest BCUT2D eigenvalue weighted by molar-refractivity contribution is 5.87. The van der Waals surface area contributed by atoms with Gasteiger partial charge in [-0.2, -0.15) is 5.10 Å². The number of hydrogen-bond donors (Lipinski definition) is 1. The lowest BCUT2D eigenvalue weighted by Gasteiger charge is -2.32. The Bertz CT molecular complexity index is 1420. The quantitative estimate of drug-likeness (QED) is 0.333. The number of methoxy groups -OCH3 is 1. The van der Waals surface area contributed by atoms with Crippen LogP contribution < -0.4 is 10.1 Å². The molecule has 4 aromatic rings. The van der Waals surface area contributed by atoms with Crippen molar-refractivity contribution >= 4 is 16.7 Å². The highest BCUT2D eigenvalue weighted by atomic mass is 16.5. The fourth-order valence-corrected chi connectivity index (χ4v) is 5.81. The SMILES string of the molecule is COc1cc(-c2cnn(CCN3CCN(C)CC3)c2)ccc1Cc1ncc2ccnc(NC3CCCCC3)c2n1. The van der Waals surface area contributed by atoms with E-state index < -0.39 is 0 Å². The van der Waals surface area contributed by atoms with E-state index in [0.717, 1.165) is 84.3 Å². The van der Waals surface area contributed by atoms with Gasteiger partial charge in [-0.1, -0.05) is 31.4 Å². The molecule has 0 unspecified atom stereocenters. The predicted molar refractivity (Wildman–Crippen MR) is 159 cm³/mol. The highest BCUT2D eigenvalue weighted by Crippen LogP contribution is 2.29. The average molecular weight is 541 g/mol. The molecule has 1 aliphatic carbocycles. The van der Waals surface area contributed by atoms with Crippen molar-refractivity contribution in [3.63, 3.8) is 0 Å². The summed E-state index contributed by atoms with van der Waals surface area (Å²) in [5, 5.41) is 9.28. The van der Waals surface area contributed by atoms with Gasteiger partial charge >= 0.3 is 0 Å². The predicted octanol–water partition coefficient (Wildman–Crippen LogP) is 4.48. The van der Waals surface area contributed by atoms with Gasteiger partial charge in [0.15, 0.2) is 5.82 Å². The van der Waals surface area contributed by atoms with Crippen molar-refractivity contribution in [2.75, 3.05) is 52.2 Å². The summed E-state index contributed by atoms with van der Waals surface area (Å²) in [4.78, 5) is 19.1. The number of nitrogens with zero attached hydrogens (tertiary/aromatic N) is 7. The molecule has 1 N–H and O–H groups in total. The fraction of sp³-hybridized carbons (Fsp3) is 0.484. The van der Waals surface area contributed by atoms with E-state index in [4.69, 9.17) is 9.72 Å². The molecule has 0 atom stereocenters. The number of aromatic nitrogens is 5. The number of piperazine rings is 1. The molecule has 0 bridgehead atoms. The number of benzene rings is 1. The average Bonchev–Trinajstić information content (AvgIpc) is 3.47. The Hall–Kier alpha value is -3.56. The first-order chi connectivity index (χ1) is 19.6. The second-order valence-electron chi connectivity index (χ2n) is 11.2. The Balaban J connectivity index is 1.15. The summed E-state index contributed by atoms with van der Waals surface area (Å²) in [5.74, 6) is 2.45. The zero-order valence-electron chi connectivity index (χ0n) is 23.7. The smallest absolute Gasteiger partial charge is 0.152 e. The van der Waals surface area contributed by atoms with E-state index in [9.17, 15) is 0 Å². The molecule has 1 aliphatic heterocycles. The molecule has 9 nitrogen and oxygen atoms in total. The van der Waals surface area contributed by atoms with Gasteiger partial charge in [-0.3, -0.25) is 9.58 Å². The lowest BCUT2D eigenvalue weighted by atomic mass is 9.95. The van der Waals surface area contributed by atoms with Gasteiger partial charge in [0.1, 0.15) is 17.1 Å². The molecule has 9 heteroatoms. The molecule has 1 aromatic carbocycles. The van der Waals surface area contributed by atoms with Gasteiger partial charge in [-0.15, -0.1) is 0 Å². The van der Waals surface area contributed by atoms with Crippen LogP contribution in [0.2, 0.25) is 0 Å². The summed E-state index contributed by atoms with van der Waals surface area (Å²) < 4.78 is 7.86. The lowest BCUT2D eigenvalue weighted by Crippen LogP contribution is -2.45. The van der Waals surface area contributed by atoms with Crippen molar-refractivity contribution < 1.29 is 4.74 Å². The van der Waals surface area contributed by atoms with E-state index in [0.29, 0.717) is 12.5 Å². The van der Waals surface area contributed by atoms with E-state index >= 15 is 0 Å². The summed E-state index contributed by atoms with van der Waals surface area (Å²) in [6.07, 6.45) is 14.7. The fourth-order valence-electron chi connectivity index (χ4n) is 5.81. The summed E-state index contributed by atoms with van der Waals surface area (Å²) >= 11 is 0. The summed E-state index contributed by atoms with van der Waals surface area (Å²) in [6.45, 7) is 6.44. The van der Waals surface area contributed by atoms with E-state index in [2.05, 4.69) is 61.6 Å². The van der Waals surface area contributed by atoms with Crippen LogP contribution in [0, 0.1) is 0 Å². The van der Waals surface area contributed by atoms with Crippen LogP contribution in [-0.2, 0) is 13.0 Å². The van der Waals surface area contributed by atoms with Crippen LogP contribution in [0.25, 0.3) is 22.0 Å². The maximum atomic E-state index is 5.82. The number of rotatable bonds is 9. The number of likely N-dealkylation sites (N-methyl/N-ethyl adjacent to an activating group) is 1. The second kappa shape index (κ2) is 12.3. The van der Waals surface area contributed by atoms with Gasteiger partial charge in [-0.05, 0) is 37.6 Å². The van der Waals surface area contributed by atoms with E-state index in [1.807, 2.05) is 29.3 Å². The summed E-state index contributed by atoms with van der Waals surface area (Å²) in [7, 11) is 3.91. The molecule has 0 spiro atoms. The van der Waals surface area contributed by atoms with Gasteiger partial charge in [0.25, 0.3) is 0 Å². The molecular weight excluding hydrogens is 500 g/mol. The van der Waals surface area contributed by atoms with E-state index in [1.54, 1.807) is 7.11 Å². The number of fused-ring (bicyclic) bond motifs is 1. The van der Waals surface area contributed by atoms with Crippen molar-refractivity contribution in [2.45, 2.75) is 51.1 Å². The van der Waals surface area contributed by atoms with Gasteiger partial charge in [0.2, 0.25) is 0 Å². The Kier molecular flexibility index (Phi) is 8.20. The largest absolute Gasteiger partial charge is 0.496 e. The second-order valence-corrected chi connectivity index (χ2v) is 11.2. The molecule has 1 saturated heterocycles. The van der Waals surface area contributed by atoms with Crippen LogP contribution in [0.1, 0.15) is 43.5 Å². The van der Waals surface area contributed by atoms with Crippen molar-refractivity contribution in [3.05, 3.63) is 60.4 Å². The van der Waals surface area contributed by atoms with E-state index in [-0.39, 0.29) is 0 Å². The number of hydrogen-bond acceptors (Lipinski definition) is 8. The van der Waals surface area contributed by atoms with Crippen LogP contribution >= 0.6 is 0 Å². The molecule has 1 saturated carbocycles. The monoisotopic (exact) mass is 540 g/mol. The van der Waals surface area contributed by atoms with Crippen molar-refractivity contribution in [3.8, 4) is 16.9 Å². The molecule has 210 valence electrons. The zero-order valence-corrected chi connectivity index (χ0v) is 23.7. The molecule has 6 rings (SSSR count). The lowest BCUT2D eigenvalue weighted by molar-refractivity contribution is 0.149. The third-order valence-electron chi connectivity index (χ3n) is 8.34. The van der Waals surface area contributed by atoms with Gasteiger partial charge in [0, 0.05) is 80.3 Å². The van der Waals surface area contributed by atoms with Crippen LogP contribution in [0.5, 0.6) is 5.75 Å². The molecule has 3 aromatic heterocycles. The van der Waals surface area contributed by atoms with Crippen molar-refractivity contribution in [1.82, 2.24) is 34.5 Å². The zero-order chi connectivity index (χ0) is 27.3. The maximum absolute atomic E-state index is 5.82. The molecule has 40 heavy (non-hydrogen) atoms. The Morgan fingerprint density at radius 2 is 1.80 bits per heavy atom. The number of anilines is 1. The minimum absolute atomic E-state index is 0.467. The van der Waals surface area contributed by atoms with Gasteiger partial charge < -0.3 is 15.0 Å². The normalized spacial score (nSPS) is 17.4. The molecule has 2 aliphatic rings. The topological polar surface area (TPSA) is 84.2 Å². The Labute approximate surface area is 236 Å². The minimum Gasteiger partial charge on any atom is -0.496 e. The van der Waals surface area contributed by atoms with Crippen LogP contribution in [0.3, 0.4) is 0 Å². The maximum Gasteiger partial charge on any atom is 0.152 e. The first-order valence-electron chi connectivity index (χ1n) is 14.6. The Morgan fingerprint density at radius 3 is 2.62 bits per heavy atom. The highest BCUT2D eigenvalue weighted by Gasteiger charge is 2.17. The number of ether oxygens (including phenoxy) is 1. The third-order valence-corrected chi connectivity index (χ3v) is 8.34. The molecular formula is C31H40N8O. The van der Waals surface area contributed by atoms with Crippen LogP contribution in [0.4, 0.5) is 5.82 Å². The minimum atomic E-state index is 0.467. The number of pyridine rings is 1. The first kappa shape index (κ1) is 26.7. The molecule has 0 amide bonds. The Morgan fingerprint density at radius 1 is 0.950 bits per heavy atom. The van der Waals surface area contributed by atoms with Gasteiger partial charge in [-0.25, -0.2) is 15.0 Å². The summed E-state index contributed by atoms with van der Waals surface area (Å²) in [5.41, 5.74) is 4.13. The molecule has 2 fully saturated rings. The molecule has 0 radical (unpaired) electrons. The third kappa shape index (κ3) is 6.26. The summed E-state index contributed by atoms with van der Waals surface area (Å²) in [6, 6.07) is 8.79. The van der Waals surface area contributed by atoms with Crippen molar-refractivity contribution in [1.29, 1.82) is 0 Å². The van der Waals surface area contributed by atoms with Gasteiger partial charge in [0.05, 0.1) is 19.9 Å². The standard InChI is InChI=1S/C31H40N8O/c1-37-12-14-38(15-13-37)16-17-39-22-26(21-34-39)23-8-9-24(28(18-23)40-2)19-29-33-20-25-10-11-32-31(30(25)36-29)35-27-6-4-3-5-7-27/h8-11,18,20-22,27H,3-7,12-17,19H2,1-2H3,(H,32,35). The van der Waals surface area contributed by atoms with Crippen LogP contribution in [-0.4, -0.2) is 87.5 Å². The molecule has 4 heterocycles. The van der Waals surface area contributed by atoms with Crippen molar-refractivity contribution in [2.24, 2.45) is 0 Å². The van der Waals surface area contributed by atoms with E-state index in [1.165, 1.54) is 32.1 Å². The first-order valence-corrected chi connectivity index (χ1v) is 14.6. The van der Waals surface area contributed by atoms with Crippen LogP contribution in [0.15, 0.2) is 49.1 Å². The number of nitrogens with one attached hydrogen (secondary N) is 1.